The van der Waals surface area contributed by atoms with Crippen LogP contribution in [0.15, 0.2) is 28.2 Å². The molecule has 0 amide bonds. The lowest BCUT2D eigenvalue weighted by Crippen LogP contribution is -2.38. The molecule has 0 aromatic heterocycles. The highest BCUT2D eigenvalue weighted by atomic mass is 32.2. The maximum absolute atomic E-state index is 12.8. The van der Waals surface area contributed by atoms with Gasteiger partial charge in [0.15, 0.2) is 0 Å². The Labute approximate surface area is 174 Å². The van der Waals surface area contributed by atoms with Crippen molar-refractivity contribution in [1.29, 1.82) is 0 Å². The van der Waals surface area contributed by atoms with E-state index in [1.165, 1.54) is 4.31 Å². The molecule has 160 valence electrons. The molecule has 0 atom stereocenters. The summed E-state index contributed by atoms with van der Waals surface area (Å²) in [4.78, 5) is 2.15. The van der Waals surface area contributed by atoms with Crippen LogP contribution in [0.4, 0.5) is 0 Å². The molecule has 0 saturated carbocycles. The van der Waals surface area contributed by atoms with Crippen LogP contribution >= 0.6 is 0 Å². The maximum Gasteiger partial charge on any atom is 0.285 e. The van der Waals surface area contributed by atoms with E-state index < -0.39 is 20.0 Å². The van der Waals surface area contributed by atoms with Gasteiger partial charge in [-0.15, -0.1) is 4.40 Å². The van der Waals surface area contributed by atoms with E-state index in [2.05, 4.69) is 4.40 Å². The van der Waals surface area contributed by atoms with Crippen molar-refractivity contribution in [2.45, 2.75) is 40.5 Å². The van der Waals surface area contributed by atoms with Crippen molar-refractivity contribution in [2.75, 3.05) is 31.9 Å². The first kappa shape index (κ1) is 22.0. The highest BCUT2D eigenvalue weighted by Gasteiger charge is 2.35. The second-order valence-electron chi connectivity index (χ2n) is 7.70. The van der Waals surface area contributed by atoms with Crippen LogP contribution in [0.3, 0.4) is 0 Å². The Kier molecular flexibility index (Phi) is 6.21. The third-order valence-electron chi connectivity index (χ3n) is 5.52. The van der Waals surface area contributed by atoms with Crippen molar-refractivity contribution in [3.8, 4) is 0 Å². The predicted octanol–water partition coefficient (Wildman–Crippen LogP) is 2.52. The third-order valence-corrected chi connectivity index (χ3v) is 9.07. The summed E-state index contributed by atoms with van der Waals surface area (Å²) in [6.45, 7) is 9.37. The molecule has 2 heterocycles. The first-order valence-corrected chi connectivity index (χ1v) is 13.0. The standard InChI is InChI=1S/C20H29N3O4S2/c1-5-13-28(24,25)23-10-6-9-22(11-12-23)20-17(4)19(29(26,27)21-20)18-8-7-15(2)16(3)14-18/h7-8,14H,5-6,9-13H2,1-4H3. The van der Waals surface area contributed by atoms with Gasteiger partial charge in [0.1, 0.15) is 10.7 Å². The quantitative estimate of drug-likeness (QED) is 0.719. The lowest BCUT2D eigenvalue weighted by atomic mass is 10.0. The Balaban J connectivity index is 1.89. The van der Waals surface area contributed by atoms with Crippen LogP contribution in [0.25, 0.3) is 4.91 Å². The maximum atomic E-state index is 12.8. The normalized spacial score (nSPS) is 20.7. The van der Waals surface area contributed by atoms with Gasteiger partial charge in [0.2, 0.25) is 10.0 Å². The summed E-state index contributed by atoms with van der Waals surface area (Å²) in [7, 11) is -7.05. The van der Waals surface area contributed by atoms with Gasteiger partial charge in [-0.3, -0.25) is 0 Å². The summed E-state index contributed by atoms with van der Waals surface area (Å²) in [5.74, 6) is 0.575. The van der Waals surface area contributed by atoms with Gasteiger partial charge in [-0.2, -0.15) is 8.42 Å². The zero-order chi connectivity index (χ0) is 21.4. The van der Waals surface area contributed by atoms with Crippen molar-refractivity contribution >= 4 is 30.8 Å². The lowest BCUT2D eigenvalue weighted by molar-refractivity contribution is 0.408. The molecule has 0 unspecified atom stereocenters. The van der Waals surface area contributed by atoms with Crippen molar-refractivity contribution in [2.24, 2.45) is 4.40 Å². The van der Waals surface area contributed by atoms with Crippen LogP contribution in [-0.2, 0) is 20.0 Å². The van der Waals surface area contributed by atoms with Gasteiger partial charge in [-0.05, 0) is 50.3 Å². The number of sulfonamides is 2. The molecule has 0 N–H and O–H groups in total. The molecule has 0 spiro atoms. The molecule has 2 aliphatic heterocycles. The van der Waals surface area contributed by atoms with Gasteiger partial charge < -0.3 is 4.90 Å². The Morgan fingerprint density at radius 3 is 2.41 bits per heavy atom. The lowest BCUT2D eigenvalue weighted by Gasteiger charge is -2.23. The van der Waals surface area contributed by atoms with Gasteiger partial charge in [-0.25, -0.2) is 12.7 Å². The third kappa shape index (κ3) is 4.41. The topological polar surface area (TPSA) is 87.1 Å². The van der Waals surface area contributed by atoms with Gasteiger partial charge in [-0.1, -0.05) is 25.1 Å². The molecule has 1 aromatic rings. The molecular weight excluding hydrogens is 410 g/mol. The van der Waals surface area contributed by atoms with Crippen molar-refractivity contribution in [3.63, 3.8) is 0 Å². The molecule has 9 heteroatoms. The minimum absolute atomic E-state index is 0.137. The summed E-state index contributed by atoms with van der Waals surface area (Å²) >= 11 is 0. The van der Waals surface area contributed by atoms with Crippen molar-refractivity contribution in [3.05, 3.63) is 40.5 Å². The van der Waals surface area contributed by atoms with Crippen LogP contribution < -0.4 is 0 Å². The van der Waals surface area contributed by atoms with Gasteiger partial charge in [0.05, 0.1) is 5.75 Å². The molecule has 0 aliphatic carbocycles. The molecule has 1 fully saturated rings. The molecule has 7 nitrogen and oxygen atoms in total. The molecule has 0 radical (unpaired) electrons. The molecule has 29 heavy (non-hydrogen) atoms. The smallest absolute Gasteiger partial charge is 0.285 e. The summed E-state index contributed by atoms with van der Waals surface area (Å²) in [5.41, 5.74) is 3.40. The van der Waals surface area contributed by atoms with Gasteiger partial charge >= 0.3 is 0 Å². The number of amidine groups is 1. The fourth-order valence-electron chi connectivity index (χ4n) is 3.84. The number of benzene rings is 1. The monoisotopic (exact) mass is 439 g/mol. The number of hydrogen-bond donors (Lipinski definition) is 0. The van der Waals surface area contributed by atoms with Crippen LogP contribution in [0, 0.1) is 13.8 Å². The fraction of sp³-hybridized carbons (Fsp3) is 0.550. The van der Waals surface area contributed by atoms with Crippen molar-refractivity contribution in [1.82, 2.24) is 9.21 Å². The molecule has 2 aliphatic rings. The van der Waals surface area contributed by atoms with E-state index >= 15 is 0 Å². The number of aryl methyl sites for hydroxylation is 2. The first-order chi connectivity index (χ1) is 13.6. The van der Waals surface area contributed by atoms with E-state index in [0.717, 1.165) is 11.1 Å². The summed E-state index contributed by atoms with van der Waals surface area (Å²) in [6, 6.07) is 5.62. The van der Waals surface area contributed by atoms with E-state index in [4.69, 9.17) is 0 Å². The second-order valence-corrected chi connectivity index (χ2v) is 11.3. The van der Waals surface area contributed by atoms with Crippen molar-refractivity contribution < 1.29 is 16.8 Å². The first-order valence-electron chi connectivity index (χ1n) is 9.93. The fourth-order valence-corrected chi connectivity index (χ4v) is 6.85. The Morgan fingerprint density at radius 1 is 1.03 bits per heavy atom. The van der Waals surface area contributed by atoms with Gasteiger partial charge in [0.25, 0.3) is 10.0 Å². The van der Waals surface area contributed by atoms with E-state index in [0.29, 0.717) is 56.0 Å². The minimum atomic E-state index is -3.79. The minimum Gasteiger partial charge on any atom is -0.354 e. The Hall–Kier alpha value is -1.71. The van der Waals surface area contributed by atoms with Crippen LogP contribution in [-0.4, -0.2) is 63.8 Å². The molecular formula is C20H29N3O4S2. The van der Waals surface area contributed by atoms with E-state index in [-0.39, 0.29) is 10.7 Å². The van der Waals surface area contributed by atoms with E-state index in [1.54, 1.807) is 6.92 Å². The van der Waals surface area contributed by atoms with E-state index in [1.807, 2.05) is 43.9 Å². The van der Waals surface area contributed by atoms with Gasteiger partial charge in [0, 0.05) is 31.8 Å². The highest BCUT2D eigenvalue weighted by Crippen LogP contribution is 2.34. The van der Waals surface area contributed by atoms with Crippen LogP contribution in [0.2, 0.25) is 0 Å². The largest absolute Gasteiger partial charge is 0.354 e. The second kappa shape index (κ2) is 8.20. The summed E-state index contributed by atoms with van der Waals surface area (Å²) in [5, 5.41) is 0. The zero-order valence-corrected chi connectivity index (χ0v) is 19.1. The summed E-state index contributed by atoms with van der Waals surface area (Å²) in [6.07, 6.45) is 1.21. The predicted molar refractivity (Wildman–Crippen MR) is 117 cm³/mol. The Morgan fingerprint density at radius 2 is 1.76 bits per heavy atom. The van der Waals surface area contributed by atoms with E-state index in [9.17, 15) is 16.8 Å². The highest BCUT2D eigenvalue weighted by molar-refractivity contribution is 8.00. The average molecular weight is 440 g/mol. The zero-order valence-electron chi connectivity index (χ0n) is 17.5. The number of nitrogens with zero attached hydrogens (tertiary/aromatic N) is 3. The SMILES string of the molecule is CCCS(=O)(=O)N1CCCN(C2=NS(=O)(=O)C(c3ccc(C)c(C)c3)=C2C)CC1. The number of rotatable bonds is 4. The molecule has 1 aromatic carbocycles. The molecule has 3 rings (SSSR count). The molecule has 0 bridgehead atoms. The van der Waals surface area contributed by atoms with Crippen LogP contribution in [0.1, 0.15) is 43.4 Å². The summed E-state index contributed by atoms with van der Waals surface area (Å²) < 4.78 is 56.1. The Bertz CT molecular complexity index is 1070. The van der Waals surface area contributed by atoms with Crippen LogP contribution in [0.5, 0.6) is 0 Å². The average Bonchev–Trinajstić information content (AvgIpc) is 2.80. The molecule has 1 saturated heterocycles. The number of hydrogen-bond acceptors (Lipinski definition) is 5.